The fourth-order valence-corrected chi connectivity index (χ4v) is 3.21. The molecule has 1 heterocycles. The molecule has 4 heteroatoms. The number of aromatic nitrogens is 1. The van der Waals surface area contributed by atoms with Crippen molar-refractivity contribution in [1.82, 2.24) is 4.98 Å². The Balaban J connectivity index is 1.91. The highest BCUT2D eigenvalue weighted by molar-refractivity contribution is 9.10. The monoisotopic (exact) mass is 332 g/mol. The van der Waals surface area contributed by atoms with Gasteiger partial charge < -0.3 is 10.4 Å². The minimum absolute atomic E-state index is 0.243. The molecular formula is C16H17BrN2O. The number of aryl methyl sites for hydroxylation is 2. The Morgan fingerprint density at radius 2 is 2.15 bits per heavy atom. The molecule has 1 atom stereocenters. The third-order valence-corrected chi connectivity index (χ3v) is 4.27. The average Bonchev–Trinajstić information content (AvgIpc) is 2.42. The molecule has 1 unspecified atom stereocenters. The molecular weight excluding hydrogens is 316 g/mol. The van der Waals surface area contributed by atoms with Crippen molar-refractivity contribution in [3.8, 4) is 5.75 Å². The Kier molecular flexibility index (Phi) is 3.66. The number of nitrogens with zero attached hydrogens (tertiary/aromatic N) is 1. The zero-order chi connectivity index (χ0) is 14.1. The third kappa shape index (κ3) is 2.66. The molecule has 0 saturated carbocycles. The number of benzene rings is 1. The van der Waals surface area contributed by atoms with Gasteiger partial charge in [-0.2, -0.15) is 0 Å². The molecule has 3 nitrogen and oxygen atoms in total. The first-order chi connectivity index (χ1) is 9.63. The lowest BCUT2D eigenvalue weighted by Gasteiger charge is -2.28. The minimum Gasteiger partial charge on any atom is -0.508 e. The zero-order valence-corrected chi connectivity index (χ0v) is 12.9. The third-order valence-electron chi connectivity index (χ3n) is 3.83. The van der Waals surface area contributed by atoms with E-state index in [1.54, 1.807) is 6.07 Å². The van der Waals surface area contributed by atoms with E-state index in [0.29, 0.717) is 5.75 Å². The second-order valence-corrected chi connectivity index (χ2v) is 6.05. The number of phenols is 1. The number of hydrogen-bond donors (Lipinski definition) is 2. The van der Waals surface area contributed by atoms with Crippen LogP contribution in [0.2, 0.25) is 0 Å². The van der Waals surface area contributed by atoms with Crippen LogP contribution in [0.5, 0.6) is 5.75 Å². The molecule has 0 saturated heterocycles. The van der Waals surface area contributed by atoms with Gasteiger partial charge in [0.1, 0.15) is 10.4 Å². The molecule has 104 valence electrons. The van der Waals surface area contributed by atoms with Gasteiger partial charge in [0, 0.05) is 0 Å². The van der Waals surface area contributed by atoms with E-state index < -0.39 is 0 Å². The molecule has 20 heavy (non-hydrogen) atoms. The lowest BCUT2D eigenvalue weighted by Crippen LogP contribution is -2.18. The zero-order valence-electron chi connectivity index (χ0n) is 11.4. The van der Waals surface area contributed by atoms with Gasteiger partial charge in [0.05, 0.1) is 17.4 Å². The molecule has 0 amide bonds. The van der Waals surface area contributed by atoms with Crippen molar-refractivity contribution >= 4 is 21.6 Å². The summed E-state index contributed by atoms with van der Waals surface area (Å²) >= 11 is 3.38. The van der Waals surface area contributed by atoms with Crippen molar-refractivity contribution in [1.29, 1.82) is 0 Å². The van der Waals surface area contributed by atoms with Crippen LogP contribution in [0.25, 0.3) is 0 Å². The van der Waals surface area contributed by atoms with Gasteiger partial charge in [-0.15, -0.1) is 0 Å². The summed E-state index contributed by atoms with van der Waals surface area (Å²) in [6.45, 7) is 2.00. The van der Waals surface area contributed by atoms with Crippen molar-refractivity contribution in [2.45, 2.75) is 32.2 Å². The number of anilines is 1. The summed E-state index contributed by atoms with van der Waals surface area (Å²) in [5, 5.41) is 13.3. The highest BCUT2D eigenvalue weighted by Gasteiger charge is 2.21. The van der Waals surface area contributed by atoms with Crippen LogP contribution in [0, 0.1) is 6.92 Å². The van der Waals surface area contributed by atoms with Crippen molar-refractivity contribution in [3.05, 3.63) is 51.8 Å². The van der Waals surface area contributed by atoms with Crippen LogP contribution < -0.4 is 5.32 Å². The summed E-state index contributed by atoms with van der Waals surface area (Å²) in [6.07, 6.45) is 3.33. The smallest absolute Gasteiger partial charge is 0.115 e. The highest BCUT2D eigenvalue weighted by Crippen LogP contribution is 2.35. The molecule has 0 fully saturated rings. The molecule has 1 aromatic carbocycles. The van der Waals surface area contributed by atoms with Crippen LogP contribution in [-0.2, 0) is 6.42 Å². The van der Waals surface area contributed by atoms with Gasteiger partial charge in [0.25, 0.3) is 0 Å². The van der Waals surface area contributed by atoms with Gasteiger partial charge in [-0.05, 0) is 77.5 Å². The lowest BCUT2D eigenvalue weighted by molar-refractivity contribution is 0.471. The van der Waals surface area contributed by atoms with Crippen molar-refractivity contribution in [2.24, 2.45) is 0 Å². The molecule has 2 N–H and O–H groups in total. The van der Waals surface area contributed by atoms with E-state index in [1.807, 2.05) is 31.2 Å². The highest BCUT2D eigenvalue weighted by atomic mass is 79.9. The fraction of sp³-hybridized carbons (Fsp3) is 0.312. The fourth-order valence-electron chi connectivity index (χ4n) is 2.81. The summed E-state index contributed by atoms with van der Waals surface area (Å²) in [4.78, 5) is 4.42. The predicted molar refractivity (Wildman–Crippen MR) is 84.1 cm³/mol. The quantitative estimate of drug-likeness (QED) is 0.803. The number of nitrogens with one attached hydrogen (secondary N) is 1. The lowest BCUT2D eigenvalue weighted by atomic mass is 9.87. The molecule has 1 aliphatic rings. The van der Waals surface area contributed by atoms with E-state index in [2.05, 4.69) is 26.2 Å². The Morgan fingerprint density at radius 3 is 2.95 bits per heavy atom. The van der Waals surface area contributed by atoms with E-state index >= 15 is 0 Å². The molecule has 0 spiro atoms. The van der Waals surface area contributed by atoms with E-state index in [0.717, 1.165) is 28.8 Å². The number of halogens is 1. The molecule has 2 aromatic rings. The van der Waals surface area contributed by atoms with Gasteiger partial charge in [-0.25, -0.2) is 4.98 Å². The average molecular weight is 333 g/mol. The molecule has 0 aliphatic heterocycles. The topological polar surface area (TPSA) is 45.2 Å². The maximum atomic E-state index is 9.72. The van der Waals surface area contributed by atoms with E-state index in [4.69, 9.17) is 0 Å². The van der Waals surface area contributed by atoms with E-state index in [1.165, 1.54) is 17.5 Å². The number of aromatic hydroxyl groups is 1. The minimum atomic E-state index is 0.243. The van der Waals surface area contributed by atoms with Crippen LogP contribution in [0.3, 0.4) is 0 Å². The SMILES string of the molecule is Cc1nc(Br)ccc1NC1CCCc2ccc(O)cc21. The van der Waals surface area contributed by atoms with Gasteiger partial charge in [-0.1, -0.05) is 6.07 Å². The molecule has 3 rings (SSSR count). The van der Waals surface area contributed by atoms with Gasteiger partial charge in [0.2, 0.25) is 0 Å². The van der Waals surface area contributed by atoms with Crippen LogP contribution in [0.1, 0.15) is 35.7 Å². The summed E-state index contributed by atoms with van der Waals surface area (Å²) in [6, 6.07) is 9.92. The van der Waals surface area contributed by atoms with Gasteiger partial charge >= 0.3 is 0 Å². The van der Waals surface area contributed by atoms with Crippen molar-refractivity contribution in [2.75, 3.05) is 5.32 Å². The van der Waals surface area contributed by atoms with Gasteiger partial charge in [0.15, 0.2) is 0 Å². The largest absolute Gasteiger partial charge is 0.508 e. The predicted octanol–water partition coefficient (Wildman–Crippen LogP) is 4.35. The first-order valence-corrected chi connectivity index (χ1v) is 7.64. The maximum Gasteiger partial charge on any atom is 0.115 e. The maximum absolute atomic E-state index is 9.72. The van der Waals surface area contributed by atoms with Crippen LogP contribution in [0.4, 0.5) is 5.69 Å². The molecule has 1 aliphatic carbocycles. The first kappa shape index (κ1) is 13.4. The van der Waals surface area contributed by atoms with E-state index in [-0.39, 0.29) is 6.04 Å². The Bertz CT molecular complexity index is 642. The second kappa shape index (κ2) is 5.44. The number of rotatable bonds is 2. The molecule has 1 aromatic heterocycles. The first-order valence-electron chi connectivity index (χ1n) is 6.85. The number of phenolic OH excluding ortho intramolecular Hbond substituents is 1. The van der Waals surface area contributed by atoms with Crippen LogP contribution in [-0.4, -0.2) is 10.1 Å². The Morgan fingerprint density at radius 1 is 1.30 bits per heavy atom. The van der Waals surface area contributed by atoms with Crippen molar-refractivity contribution in [3.63, 3.8) is 0 Å². The Labute approximate surface area is 127 Å². The normalized spacial score (nSPS) is 17.6. The number of pyridine rings is 1. The number of hydrogen-bond acceptors (Lipinski definition) is 3. The summed E-state index contributed by atoms with van der Waals surface area (Å²) in [5.41, 5.74) is 4.56. The summed E-state index contributed by atoms with van der Waals surface area (Å²) in [5.74, 6) is 0.336. The second-order valence-electron chi connectivity index (χ2n) is 5.24. The Hall–Kier alpha value is -1.55. The van der Waals surface area contributed by atoms with Crippen LogP contribution >= 0.6 is 15.9 Å². The number of fused-ring (bicyclic) bond motifs is 1. The standard InChI is InChI=1S/C16H17BrN2O/c1-10-14(7-8-16(17)18-10)19-15-4-2-3-11-5-6-12(20)9-13(11)15/h5-9,15,19-20H,2-4H2,1H3. The molecule has 0 bridgehead atoms. The van der Waals surface area contributed by atoms with Crippen LogP contribution in [0.15, 0.2) is 34.9 Å². The van der Waals surface area contributed by atoms with Crippen molar-refractivity contribution < 1.29 is 5.11 Å². The van der Waals surface area contributed by atoms with Gasteiger partial charge in [-0.3, -0.25) is 0 Å². The summed E-state index contributed by atoms with van der Waals surface area (Å²) in [7, 11) is 0. The molecule has 0 radical (unpaired) electrons. The van der Waals surface area contributed by atoms with E-state index in [9.17, 15) is 5.11 Å². The summed E-state index contributed by atoms with van der Waals surface area (Å²) < 4.78 is 0.849.